The van der Waals surface area contributed by atoms with Gasteiger partial charge in [0.2, 0.25) is 0 Å². The fourth-order valence-electron chi connectivity index (χ4n) is 2.15. The molecule has 0 saturated heterocycles. The van der Waals surface area contributed by atoms with Gasteiger partial charge in [0.25, 0.3) is 0 Å². The maximum absolute atomic E-state index is 5.97. The Bertz CT molecular complexity index is 756. The number of benzene rings is 2. The van der Waals surface area contributed by atoms with E-state index in [1.165, 1.54) is 0 Å². The Kier molecular flexibility index (Phi) is 3.13. The molecule has 0 amide bonds. The van der Waals surface area contributed by atoms with Crippen LogP contribution in [0.3, 0.4) is 0 Å². The minimum Gasteiger partial charge on any atom is -0.488 e. The van der Waals surface area contributed by atoms with Crippen LogP contribution in [0.25, 0.3) is 10.8 Å². The van der Waals surface area contributed by atoms with Crippen LogP contribution >= 0.6 is 0 Å². The Morgan fingerprint density at radius 1 is 0.900 bits per heavy atom. The Labute approximate surface area is 117 Å². The number of nitrogens with two attached hydrogens (primary N) is 2. The van der Waals surface area contributed by atoms with Gasteiger partial charge >= 0.3 is 0 Å². The zero-order valence-corrected chi connectivity index (χ0v) is 10.9. The van der Waals surface area contributed by atoms with E-state index >= 15 is 0 Å². The first-order valence-corrected chi connectivity index (χ1v) is 6.35. The minimum absolute atomic E-state index is 0.383. The SMILES string of the molecule is Nc1ncccc1COc1ccc(N)c2ccccc12. The highest BCUT2D eigenvalue weighted by molar-refractivity contribution is 5.96. The molecule has 2 aromatic carbocycles. The highest BCUT2D eigenvalue weighted by Gasteiger charge is 2.06. The van der Waals surface area contributed by atoms with Crippen LogP contribution in [0.2, 0.25) is 0 Å². The predicted molar refractivity (Wildman–Crippen MR) is 81.3 cm³/mol. The molecule has 1 aromatic heterocycles. The smallest absolute Gasteiger partial charge is 0.129 e. The van der Waals surface area contributed by atoms with Crippen LogP contribution in [0.4, 0.5) is 11.5 Å². The van der Waals surface area contributed by atoms with E-state index in [0.29, 0.717) is 12.4 Å². The monoisotopic (exact) mass is 265 g/mol. The standard InChI is InChI=1S/C16H15N3O/c17-14-7-8-15(13-6-2-1-5-12(13)14)20-10-11-4-3-9-19-16(11)18/h1-9H,10,17H2,(H2,18,19). The topological polar surface area (TPSA) is 74.2 Å². The van der Waals surface area contributed by atoms with E-state index in [1.807, 2.05) is 48.5 Å². The zero-order valence-electron chi connectivity index (χ0n) is 10.9. The van der Waals surface area contributed by atoms with Gasteiger partial charge in [-0.2, -0.15) is 0 Å². The number of fused-ring (bicyclic) bond motifs is 1. The molecule has 0 atom stereocenters. The average molecular weight is 265 g/mol. The zero-order chi connectivity index (χ0) is 13.9. The summed E-state index contributed by atoms with van der Waals surface area (Å²) in [5.74, 6) is 1.28. The summed E-state index contributed by atoms with van der Waals surface area (Å²) < 4.78 is 5.87. The molecule has 0 spiro atoms. The second kappa shape index (κ2) is 5.09. The first kappa shape index (κ1) is 12.3. The van der Waals surface area contributed by atoms with Crippen LogP contribution in [0.15, 0.2) is 54.7 Å². The number of nitrogens with zero attached hydrogens (tertiary/aromatic N) is 1. The number of anilines is 2. The van der Waals surface area contributed by atoms with Gasteiger partial charge in [-0.15, -0.1) is 0 Å². The van der Waals surface area contributed by atoms with Gasteiger partial charge in [-0.1, -0.05) is 30.3 Å². The lowest BCUT2D eigenvalue weighted by Gasteiger charge is -2.11. The van der Waals surface area contributed by atoms with Crippen molar-refractivity contribution in [3.05, 3.63) is 60.3 Å². The summed E-state index contributed by atoms with van der Waals surface area (Å²) in [6.07, 6.45) is 1.66. The van der Waals surface area contributed by atoms with Gasteiger partial charge < -0.3 is 16.2 Å². The van der Waals surface area contributed by atoms with Crippen molar-refractivity contribution in [2.75, 3.05) is 11.5 Å². The second-order valence-corrected chi connectivity index (χ2v) is 4.53. The Morgan fingerprint density at radius 3 is 2.50 bits per heavy atom. The van der Waals surface area contributed by atoms with Gasteiger partial charge in [0.15, 0.2) is 0 Å². The number of rotatable bonds is 3. The largest absolute Gasteiger partial charge is 0.488 e. The molecule has 0 aliphatic rings. The summed E-state index contributed by atoms with van der Waals surface area (Å²) in [5, 5.41) is 1.99. The summed E-state index contributed by atoms with van der Waals surface area (Å²) >= 11 is 0. The molecule has 20 heavy (non-hydrogen) atoms. The molecule has 0 bridgehead atoms. The number of nitrogen functional groups attached to an aromatic ring is 2. The fourth-order valence-corrected chi connectivity index (χ4v) is 2.15. The summed E-state index contributed by atoms with van der Waals surface area (Å²) in [6, 6.07) is 15.4. The molecule has 0 saturated carbocycles. The summed E-state index contributed by atoms with van der Waals surface area (Å²) in [4.78, 5) is 4.05. The van der Waals surface area contributed by atoms with E-state index in [9.17, 15) is 0 Å². The van der Waals surface area contributed by atoms with E-state index < -0.39 is 0 Å². The molecule has 0 aliphatic carbocycles. The molecular formula is C16H15N3O. The predicted octanol–water partition coefficient (Wildman–Crippen LogP) is 2.98. The van der Waals surface area contributed by atoms with Gasteiger partial charge in [0.05, 0.1) is 0 Å². The van der Waals surface area contributed by atoms with Crippen LogP contribution in [0, 0.1) is 0 Å². The van der Waals surface area contributed by atoms with Gasteiger partial charge in [-0.05, 0) is 18.2 Å². The van der Waals surface area contributed by atoms with Crippen LogP contribution in [0.1, 0.15) is 5.56 Å². The molecule has 4 N–H and O–H groups in total. The molecule has 3 aromatic rings. The number of pyridine rings is 1. The Balaban J connectivity index is 1.92. The lowest BCUT2D eigenvalue weighted by Crippen LogP contribution is -2.02. The molecule has 4 heteroatoms. The number of ether oxygens (including phenoxy) is 1. The summed E-state index contributed by atoms with van der Waals surface area (Å²) in [6.45, 7) is 0.383. The van der Waals surface area contributed by atoms with Crippen molar-refractivity contribution in [1.82, 2.24) is 4.98 Å². The van der Waals surface area contributed by atoms with Crippen molar-refractivity contribution in [3.63, 3.8) is 0 Å². The Hall–Kier alpha value is -2.75. The molecule has 0 unspecified atom stereocenters. The third-order valence-electron chi connectivity index (χ3n) is 3.23. The van der Waals surface area contributed by atoms with Crippen LogP contribution in [-0.4, -0.2) is 4.98 Å². The van der Waals surface area contributed by atoms with E-state index in [-0.39, 0.29) is 0 Å². The first-order valence-electron chi connectivity index (χ1n) is 6.35. The second-order valence-electron chi connectivity index (χ2n) is 4.53. The maximum Gasteiger partial charge on any atom is 0.129 e. The molecular weight excluding hydrogens is 250 g/mol. The maximum atomic E-state index is 5.97. The number of hydrogen-bond acceptors (Lipinski definition) is 4. The molecule has 100 valence electrons. The van der Waals surface area contributed by atoms with E-state index in [0.717, 1.165) is 27.8 Å². The summed E-state index contributed by atoms with van der Waals surface area (Å²) in [7, 11) is 0. The van der Waals surface area contributed by atoms with Crippen LogP contribution in [-0.2, 0) is 6.61 Å². The van der Waals surface area contributed by atoms with Crippen molar-refractivity contribution in [1.29, 1.82) is 0 Å². The van der Waals surface area contributed by atoms with Gasteiger partial charge in [0.1, 0.15) is 18.2 Å². The van der Waals surface area contributed by atoms with Crippen molar-refractivity contribution in [3.8, 4) is 5.75 Å². The van der Waals surface area contributed by atoms with E-state index in [1.54, 1.807) is 6.20 Å². The third-order valence-corrected chi connectivity index (χ3v) is 3.23. The molecule has 0 fully saturated rings. The van der Waals surface area contributed by atoms with Crippen molar-refractivity contribution in [2.24, 2.45) is 0 Å². The normalized spacial score (nSPS) is 10.6. The van der Waals surface area contributed by atoms with E-state index in [4.69, 9.17) is 16.2 Å². The van der Waals surface area contributed by atoms with Gasteiger partial charge in [-0.3, -0.25) is 0 Å². The molecule has 3 rings (SSSR count). The minimum atomic E-state index is 0.383. The summed E-state index contributed by atoms with van der Waals surface area (Å²) in [5.41, 5.74) is 13.4. The lowest BCUT2D eigenvalue weighted by atomic mass is 10.1. The average Bonchev–Trinajstić information content (AvgIpc) is 2.48. The first-order chi connectivity index (χ1) is 9.75. The number of hydrogen-bond donors (Lipinski definition) is 2. The van der Waals surface area contributed by atoms with Gasteiger partial charge in [0, 0.05) is 28.2 Å². The third kappa shape index (κ3) is 2.23. The van der Waals surface area contributed by atoms with Crippen molar-refractivity contribution >= 4 is 22.3 Å². The molecule has 4 nitrogen and oxygen atoms in total. The highest BCUT2D eigenvalue weighted by atomic mass is 16.5. The van der Waals surface area contributed by atoms with Crippen molar-refractivity contribution < 1.29 is 4.74 Å². The van der Waals surface area contributed by atoms with Crippen LogP contribution < -0.4 is 16.2 Å². The lowest BCUT2D eigenvalue weighted by molar-refractivity contribution is 0.310. The van der Waals surface area contributed by atoms with E-state index in [2.05, 4.69) is 4.98 Å². The fraction of sp³-hybridized carbons (Fsp3) is 0.0625. The molecule has 0 radical (unpaired) electrons. The quantitative estimate of drug-likeness (QED) is 0.714. The van der Waals surface area contributed by atoms with Crippen molar-refractivity contribution in [2.45, 2.75) is 6.61 Å². The number of aromatic nitrogens is 1. The molecule has 1 heterocycles. The van der Waals surface area contributed by atoms with Crippen LogP contribution in [0.5, 0.6) is 5.75 Å². The highest BCUT2D eigenvalue weighted by Crippen LogP contribution is 2.30. The van der Waals surface area contributed by atoms with Gasteiger partial charge in [-0.25, -0.2) is 4.98 Å². The molecule has 0 aliphatic heterocycles. The Morgan fingerprint density at radius 2 is 1.70 bits per heavy atom.